The second-order valence-electron chi connectivity index (χ2n) is 6.06. The third-order valence-electron chi connectivity index (χ3n) is 4.27. The highest BCUT2D eigenvalue weighted by Gasteiger charge is 2.15. The highest BCUT2D eigenvalue weighted by Crippen LogP contribution is 2.36. The lowest BCUT2D eigenvalue weighted by Gasteiger charge is -2.27. The number of nitrogens with zero attached hydrogens (tertiary/aromatic N) is 3. The summed E-state index contributed by atoms with van der Waals surface area (Å²) in [6.07, 6.45) is 6.42. The summed E-state index contributed by atoms with van der Waals surface area (Å²) in [4.78, 5) is 6.18. The zero-order chi connectivity index (χ0) is 17.8. The molecule has 0 amide bonds. The minimum atomic E-state index is 0.0873. The number of aromatic nitrogens is 2. The molecule has 0 bridgehead atoms. The molecule has 3 rings (SSSR count). The Bertz CT molecular complexity index is 845. The third kappa shape index (κ3) is 3.68. The molecule has 0 aliphatic rings. The first-order valence-corrected chi connectivity index (χ1v) is 8.23. The predicted molar refractivity (Wildman–Crippen MR) is 102 cm³/mol. The fourth-order valence-electron chi connectivity index (χ4n) is 2.82. The van der Waals surface area contributed by atoms with Gasteiger partial charge in [0.2, 0.25) is 0 Å². The molecule has 2 aromatic carbocycles. The van der Waals surface area contributed by atoms with Crippen LogP contribution in [0.1, 0.15) is 12.0 Å². The number of phenolic OH excluding ortho intramolecular Hbond substituents is 1. The number of aryl methyl sites for hydroxylation is 2. The van der Waals surface area contributed by atoms with E-state index in [2.05, 4.69) is 9.88 Å². The summed E-state index contributed by atoms with van der Waals surface area (Å²) < 4.78 is 2.04. The molecule has 0 radical (unpaired) electrons. The van der Waals surface area contributed by atoms with Gasteiger partial charge in [-0.05, 0) is 49.2 Å². The number of imidazole rings is 1. The Morgan fingerprint density at radius 1 is 1.20 bits per heavy atom. The largest absolute Gasteiger partial charge is 0.506 e. The van der Waals surface area contributed by atoms with Crippen molar-refractivity contribution < 1.29 is 5.11 Å². The number of hydrogen-bond acceptors (Lipinski definition) is 5. The Morgan fingerprint density at radius 3 is 2.76 bits per heavy atom. The standard InChI is InChI=1S/C19H23N5O/c1-14-12-15(6-7-16(14)20)24(10-3-9-23-11-8-22-13-23)17-4-2-5-18(25)19(17)21/h2,4-8,11-13,25H,3,9-10,20-21H2,1H3. The predicted octanol–water partition coefficient (Wildman–Crippen LogP) is 3.29. The van der Waals surface area contributed by atoms with Crippen molar-refractivity contribution in [3.8, 4) is 5.75 Å². The van der Waals surface area contributed by atoms with Crippen LogP contribution in [0.5, 0.6) is 5.75 Å². The minimum Gasteiger partial charge on any atom is -0.506 e. The Morgan fingerprint density at radius 2 is 2.04 bits per heavy atom. The van der Waals surface area contributed by atoms with Gasteiger partial charge in [0.05, 0.1) is 17.7 Å². The molecule has 130 valence electrons. The summed E-state index contributed by atoms with van der Waals surface area (Å²) in [6.45, 7) is 3.58. The summed E-state index contributed by atoms with van der Waals surface area (Å²) in [6, 6.07) is 11.2. The van der Waals surface area contributed by atoms with Crippen LogP contribution in [0.25, 0.3) is 0 Å². The first kappa shape index (κ1) is 16.7. The zero-order valence-electron chi connectivity index (χ0n) is 14.3. The van der Waals surface area contributed by atoms with Gasteiger partial charge in [-0.1, -0.05) is 6.07 Å². The SMILES string of the molecule is Cc1cc(N(CCCn2ccnc2)c2cccc(O)c2N)ccc1N. The third-order valence-corrected chi connectivity index (χ3v) is 4.27. The van der Waals surface area contributed by atoms with E-state index < -0.39 is 0 Å². The van der Waals surface area contributed by atoms with Crippen LogP contribution >= 0.6 is 0 Å². The Balaban J connectivity index is 1.89. The summed E-state index contributed by atoms with van der Waals surface area (Å²) >= 11 is 0. The lowest BCUT2D eigenvalue weighted by atomic mass is 10.1. The van der Waals surface area contributed by atoms with Crippen LogP contribution in [0.4, 0.5) is 22.7 Å². The fraction of sp³-hybridized carbons (Fsp3) is 0.211. The van der Waals surface area contributed by atoms with Crippen LogP contribution in [0.15, 0.2) is 55.1 Å². The number of aromatic hydroxyl groups is 1. The summed E-state index contributed by atoms with van der Waals surface area (Å²) in [5.41, 5.74) is 16.0. The van der Waals surface area contributed by atoms with Gasteiger partial charge in [0, 0.05) is 36.9 Å². The molecule has 0 aliphatic carbocycles. The highest BCUT2D eigenvalue weighted by molar-refractivity contribution is 5.79. The monoisotopic (exact) mass is 337 g/mol. The van der Waals surface area contributed by atoms with Crippen LogP contribution in [0, 0.1) is 6.92 Å². The van der Waals surface area contributed by atoms with E-state index in [-0.39, 0.29) is 5.75 Å². The molecule has 3 aromatic rings. The average Bonchev–Trinajstić information content (AvgIpc) is 3.11. The summed E-state index contributed by atoms with van der Waals surface area (Å²) in [7, 11) is 0. The van der Waals surface area contributed by atoms with Crippen LogP contribution in [-0.4, -0.2) is 21.2 Å². The average molecular weight is 337 g/mol. The number of anilines is 4. The van der Waals surface area contributed by atoms with Gasteiger partial charge >= 0.3 is 0 Å². The topological polar surface area (TPSA) is 93.3 Å². The van der Waals surface area contributed by atoms with Crippen molar-refractivity contribution in [1.82, 2.24) is 9.55 Å². The van der Waals surface area contributed by atoms with Gasteiger partial charge in [-0.3, -0.25) is 0 Å². The van der Waals surface area contributed by atoms with Gasteiger partial charge in [0.25, 0.3) is 0 Å². The summed E-state index contributed by atoms with van der Waals surface area (Å²) in [5, 5.41) is 9.99. The van der Waals surface area contributed by atoms with Crippen molar-refractivity contribution in [1.29, 1.82) is 0 Å². The highest BCUT2D eigenvalue weighted by atomic mass is 16.3. The molecule has 6 nitrogen and oxygen atoms in total. The number of phenols is 1. The smallest absolute Gasteiger partial charge is 0.140 e. The number of benzene rings is 2. The van der Waals surface area contributed by atoms with Crippen LogP contribution < -0.4 is 16.4 Å². The maximum absolute atomic E-state index is 9.99. The lowest BCUT2D eigenvalue weighted by molar-refractivity contribution is 0.478. The molecule has 0 atom stereocenters. The minimum absolute atomic E-state index is 0.0873. The van der Waals surface area contributed by atoms with Crippen LogP contribution in [-0.2, 0) is 6.54 Å². The maximum atomic E-state index is 9.99. The van der Waals surface area contributed by atoms with E-state index in [0.29, 0.717) is 5.69 Å². The maximum Gasteiger partial charge on any atom is 0.140 e. The Labute approximate surface area is 147 Å². The number of rotatable bonds is 6. The van der Waals surface area contributed by atoms with Gasteiger partial charge in [0.15, 0.2) is 0 Å². The van der Waals surface area contributed by atoms with E-state index in [9.17, 15) is 5.11 Å². The number of hydrogen-bond donors (Lipinski definition) is 3. The van der Waals surface area contributed by atoms with Crippen molar-refractivity contribution in [2.45, 2.75) is 19.9 Å². The molecule has 0 aliphatic heterocycles. The van der Waals surface area contributed by atoms with Crippen molar-refractivity contribution in [3.05, 3.63) is 60.7 Å². The van der Waals surface area contributed by atoms with E-state index in [1.807, 2.05) is 42.0 Å². The normalized spacial score (nSPS) is 10.8. The van der Waals surface area contributed by atoms with Crippen molar-refractivity contribution in [2.75, 3.05) is 22.9 Å². The van der Waals surface area contributed by atoms with E-state index in [0.717, 1.165) is 42.1 Å². The fourth-order valence-corrected chi connectivity index (χ4v) is 2.82. The zero-order valence-corrected chi connectivity index (χ0v) is 14.3. The number of nitrogen functional groups attached to an aromatic ring is 2. The molecule has 0 saturated carbocycles. The van der Waals surface area contributed by atoms with Crippen molar-refractivity contribution in [2.24, 2.45) is 0 Å². The molecular formula is C19H23N5O. The molecule has 0 fully saturated rings. The number of nitrogens with two attached hydrogens (primary N) is 2. The lowest BCUT2D eigenvalue weighted by Crippen LogP contribution is -2.21. The number of para-hydroxylation sites is 1. The van der Waals surface area contributed by atoms with Crippen molar-refractivity contribution in [3.63, 3.8) is 0 Å². The van der Waals surface area contributed by atoms with Gasteiger partial charge in [0.1, 0.15) is 5.75 Å². The first-order chi connectivity index (χ1) is 12.1. The van der Waals surface area contributed by atoms with Crippen LogP contribution in [0.3, 0.4) is 0 Å². The van der Waals surface area contributed by atoms with Gasteiger partial charge in [-0.2, -0.15) is 0 Å². The second kappa shape index (κ2) is 7.17. The molecule has 0 spiro atoms. The van der Waals surface area contributed by atoms with Gasteiger partial charge in [-0.25, -0.2) is 4.98 Å². The molecule has 6 heteroatoms. The van der Waals surface area contributed by atoms with E-state index in [1.54, 1.807) is 24.7 Å². The molecule has 0 unspecified atom stereocenters. The van der Waals surface area contributed by atoms with E-state index in [4.69, 9.17) is 11.5 Å². The molecule has 5 N–H and O–H groups in total. The van der Waals surface area contributed by atoms with Gasteiger partial charge in [-0.15, -0.1) is 0 Å². The van der Waals surface area contributed by atoms with E-state index >= 15 is 0 Å². The molecular weight excluding hydrogens is 314 g/mol. The second-order valence-corrected chi connectivity index (χ2v) is 6.06. The van der Waals surface area contributed by atoms with E-state index in [1.165, 1.54) is 0 Å². The summed E-state index contributed by atoms with van der Waals surface area (Å²) in [5.74, 6) is 0.0873. The van der Waals surface area contributed by atoms with Crippen LogP contribution in [0.2, 0.25) is 0 Å². The van der Waals surface area contributed by atoms with Crippen molar-refractivity contribution >= 4 is 22.7 Å². The Hall–Kier alpha value is -3.15. The van der Waals surface area contributed by atoms with Gasteiger partial charge < -0.3 is 26.0 Å². The first-order valence-electron chi connectivity index (χ1n) is 8.23. The quantitative estimate of drug-likeness (QED) is 0.474. The Kier molecular flexibility index (Phi) is 4.79. The molecule has 0 saturated heterocycles. The molecule has 1 heterocycles. The molecule has 25 heavy (non-hydrogen) atoms. The molecule has 1 aromatic heterocycles.